The van der Waals surface area contributed by atoms with Crippen molar-refractivity contribution in [1.82, 2.24) is 0 Å². The molecule has 0 amide bonds. The lowest BCUT2D eigenvalue weighted by atomic mass is 9.75. The number of ether oxygens (including phenoxy) is 1. The van der Waals surface area contributed by atoms with Crippen molar-refractivity contribution in [2.24, 2.45) is 0 Å². The van der Waals surface area contributed by atoms with Crippen molar-refractivity contribution in [2.45, 2.75) is 33.3 Å². The molecule has 1 aromatic rings. The van der Waals surface area contributed by atoms with E-state index in [1.165, 1.54) is 12.1 Å². The number of hydrogen-bond donors (Lipinski definition) is 2. The third-order valence-corrected chi connectivity index (χ3v) is 2.51. The summed E-state index contributed by atoms with van der Waals surface area (Å²) in [7, 11) is -1.69. The average Bonchev–Trinajstić information content (AvgIpc) is 2.26. The van der Waals surface area contributed by atoms with Gasteiger partial charge in [0.15, 0.2) is 0 Å². The highest BCUT2D eigenvalue weighted by atomic mass is 16.6. The van der Waals surface area contributed by atoms with Crippen LogP contribution in [0.2, 0.25) is 0 Å². The van der Waals surface area contributed by atoms with Gasteiger partial charge in [-0.1, -0.05) is 5.92 Å². The molecule has 0 heterocycles. The molecular weight excluding hydrogens is 243 g/mol. The van der Waals surface area contributed by atoms with Crippen molar-refractivity contribution in [2.75, 3.05) is 0 Å². The van der Waals surface area contributed by atoms with E-state index in [1.54, 1.807) is 27.7 Å². The van der Waals surface area contributed by atoms with Crippen molar-refractivity contribution in [3.05, 3.63) is 28.8 Å². The second kappa shape index (κ2) is 5.47. The first-order valence-corrected chi connectivity index (χ1v) is 5.86. The minimum absolute atomic E-state index is 0.205. The zero-order chi connectivity index (χ0) is 14.8. The number of terminal acetylenes is 1. The molecule has 5 heteroatoms. The average molecular weight is 260 g/mol. The molecule has 19 heavy (non-hydrogen) atoms. The van der Waals surface area contributed by atoms with E-state index < -0.39 is 18.7 Å². The molecule has 0 aliphatic rings. The van der Waals surface area contributed by atoms with Gasteiger partial charge in [-0.15, -0.1) is 6.42 Å². The van der Waals surface area contributed by atoms with Gasteiger partial charge in [-0.25, -0.2) is 4.79 Å². The molecule has 0 aromatic heterocycles. The van der Waals surface area contributed by atoms with Gasteiger partial charge in [0.05, 0.1) is 5.56 Å². The van der Waals surface area contributed by atoms with Crippen molar-refractivity contribution in [3.63, 3.8) is 0 Å². The molecule has 0 unspecified atom stereocenters. The Morgan fingerprint density at radius 1 is 1.37 bits per heavy atom. The summed E-state index contributed by atoms with van der Waals surface area (Å²) >= 11 is 0. The van der Waals surface area contributed by atoms with E-state index >= 15 is 0 Å². The minimum atomic E-state index is -1.69. The molecular formula is C14H17BO4. The lowest BCUT2D eigenvalue weighted by Gasteiger charge is -2.21. The standard InChI is InChI=1S/C14H17BO4/c1-6-10-7-11(13(16)19-14(3,4)5)9(2)12(8-10)15(17)18/h1,7-8,17-18H,2-5H3. The van der Waals surface area contributed by atoms with Gasteiger partial charge in [-0.2, -0.15) is 0 Å². The number of esters is 1. The smallest absolute Gasteiger partial charge is 0.456 e. The first kappa shape index (κ1) is 15.3. The quantitative estimate of drug-likeness (QED) is 0.464. The summed E-state index contributed by atoms with van der Waals surface area (Å²) in [5.41, 5.74) is 0.663. The molecule has 2 N–H and O–H groups in total. The lowest BCUT2D eigenvalue weighted by Crippen LogP contribution is -2.34. The first-order chi connectivity index (χ1) is 8.65. The lowest BCUT2D eigenvalue weighted by molar-refractivity contribution is 0.00688. The predicted molar refractivity (Wildman–Crippen MR) is 74.1 cm³/mol. The van der Waals surface area contributed by atoms with Crippen molar-refractivity contribution < 1.29 is 19.6 Å². The fourth-order valence-electron chi connectivity index (χ4n) is 1.63. The number of rotatable bonds is 2. The van der Waals surface area contributed by atoms with Gasteiger partial charge >= 0.3 is 13.1 Å². The second-order valence-electron chi connectivity index (χ2n) is 5.26. The van der Waals surface area contributed by atoms with Crippen LogP contribution in [0.1, 0.15) is 42.3 Å². The van der Waals surface area contributed by atoms with Crippen molar-refractivity contribution in [3.8, 4) is 12.3 Å². The fraction of sp³-hybridized carbons (Fsp3) is 0.357. The van der Waals surface area contributed by atoms with Crippen molar-refractivity contribution in [1.29, 1.82) is 0 Å². The Balaban J connectivity index is 3.31. The summed E-state index contributed by atoms with van der Waals surface area (Å²) < 4.78 is 5.27. The summed E-state index contributed by atoms with van der Waals surface area (Å²) in [6.45, 7) is 6.89. The summed E-state index contributed by atoms with van der Waals surface area (Å²) in [4.78, 5) is 12.1. The zero-order valence-electron chi connectivity index (χ0n) is 11.5. The molecule has 0 saturated heterocycles. The van der Waals surface area contributed by atoms with Gasteiger partial charge in [0, 0.05) is 5.56 Å². The molecule has 0 saturated carbocycles. The van der Waals surface area contributed by atoms with Crippen molar-refractivity contribution >= 4 is 18.6 Å². The topological polar surface area (TPSA) is 66.8 Å². The molecule has 0 aliphatic carbocycles. The van der Waals surface area contributed by atoms with Gasteiger partial charge < -0.3 is 14.8 Å². The van der Waals surface area contributed by atoms with Crippen LogP contribution in [-0.4, -0.2) is 28.7 Å². The molecule has 100 valence electrons. The number of carbonyl (C=O) groups excluding carboxylic acids is 1. The number of hydrogen-bond acceptors (Lipinski definition) is 4. The van der Waals surface area contributed by atoms with Gasteiger partial charge in [0.1, 0.15) is 5.60 Å². The summed E-state index contributed by atoms with van der Waals surface area (Å²) in [5.74, 6) is 1.84. The molecule has 0 spiro atoms. The normalized spacial score (nSPS) is 10.8. The maximum absolute atomic E-state index is 12.1. The molecule has 1 rings (SSSR count). The molecule has 0 atom stereocenters. The highest BCUT2D eigenvalue weighted by molar-refractivity contribution is 6.59. The highest BCUT2D eigenvalue weighted by Crippen LogP contribution is 2.16. The molecule has 0 fully saturated rings. The van der Waals surface area contributed by atoms with Gasteiger partial charge in [0.2, 0.25) is 0 Å². The summed E-state index contributed by atoms with van der Waals surface area (Å²) in [6, 6.07) is 2.98. The van der Waals surface area contributed by atoms with Crippen LogP contribution >= 0.6 is 0 Å². The van der Waals surface area contributed by atoms with E-state index in [0.29, 0.717) is 11.1 Å². The van der Waals surface area contributed by atoms with Crippen LogP contribution in [0.5, 0.6) is 0 Å². The molecule has 0 radical (unpaired) electrons. The number of benzene rings is 1. The van der Waals surface area contributed by atoms with Crippen LogP contribution in [0.4, 0.5) is 0 Å². The maximum Gasteiger partial charge on any atom is 0.488 e. The molecule has 1 aromatic carbocycles. The third-order valence-electron chi connectivity index (χ3n) is 2.51. The predicted octanol–water partition coefficient (Wildman–Crippen LogP) is 0.611. The van der Waals surface area contributed by atoms with Crippen LogP contribution in [0.25, 0.3) is 0 Å². The Hall–Kier alpha value is -1.77. The number of carbonyl (C=O) groups is 1. The van der Waals surface area contributed by atoms with Crippen LogP contribution in [-0.2, 0) is 4.74 Å². The highest BCUT2D eigenvalue weighted by Gasteiger charge is 2.24. The van der Waals surface area contributed by atoms with E-state index in [2.05, 4.69) is 5.92 Å². The molecule has 4 nitrogen and oxygen atoms in total. The second-order valence-corrected chi connectivity index (χ2v) is 5.26. The van der Waals surface area contributed by atoms with Crippen LogP contribution in [0, 0.1) is 19.3 Å². The van der Waals surface area contributed by atoms with Crippen LogP contribution < -0.4 is 5.46 Å². The Morgan fingerprint density at radius 3 is 2.37 bits per heavy atom. The SMILES string of the molecule is C#Cc1cc(B(O)O)c(C)c(C(=O)OC(C)(C)C)c1. The Kier molecular flexibility index (Phi) is 4.41. The summed E-state index contributed by atoms with van der Waals surface area (Å²) in [5, 5.41) is 18.6. The largest absolute Gasteiger partial charge is 0.488 e. The zero-order valence-corrected chi connectivity index (χ0v) is 11.5. The van der Waals surface area contributed by atoms with E-state index in [0.717, 1.165) is 0 Å². The van der Waals surface area contributed by atoms with Gasteiger partial charge in [-0.3, -0.25) is 0 Å². The van der Waals surface area contributed by atoms with E-state index in [1.807, 2.05) is 0 Å². The minimum Gasteiger partial charge on any atom is -0.456 e. The third kappa shape index (κ3) is 3.85. The Morgan fingerprint density at radius 2 is 1.95 bits per heavy atom. The Bertz CT molecular complexity index is 536. The van der Waals surface area contributed by atoms with E-state index in [4.69, 9.17) is 11.2 Å². The summed E-state index contributed by atoms with van der Waals surface area (Å²) in [6.07, 6.45) is 5.30. The fourth-order valence-corrected chi connectivity index (χ4v) is 1.63. The molecule has 0 aliphatic heterocycles. The van der Waals surface area contributed by atoms with Crippen LogP contribution in [0.15, 0.2) is 12.1 Å². The Labute approximate surface area is 113 Å². The van der Waals surface area contributed by atoms with E-state index in [-0.39, 0.29) is 11.0 Å². The van der Waals surface area contributed by atoms with Crippen LogP contribution in [0.3, 0.4) is 0 Å². The van der Waals surface area contributed by atoms with E-state index in [9.17, 15) is 14.8 Å². The maximum atomic E-state index is 12.1. The monoisotopic (exact) mass is 260 g/mol. The first-order valence-electron chi connectivity index (χ1n) is 5.86. The van der Waals surface area contributed by atoms with Gasteiger partial charge in [-0.05, 0) is 50.9 Å². The van der Waals surface area contributed by atoms with Gasteiger partial charge in [0.25, 0.3) is 0 Å². The molecule has 0 bridgehead atoms.